The van der Waals surface area contributed by atoms with E-state index in [0.29, 0.717) is 12.2 Å². The van der Waals surface area contributed by atoms with Gasteiger partial charge in [0.2, 0.25) is 0 Å². The van der Waals surface area contributed by atoms with Crippen LogP contribution < -0.4 is 5.32 Å². The second-order valence-electron chi connectivity index (χ2n) is 6.27. The van der Waals surface area contributed by atoms with E-state index in [1.165, 1.54) is 0 Å². The predicted octanol–water partition coefficient (Wildman–Crippen LogP) is 3.44. The molecule has 4 heteroatoms. The summed E-state index contributed by atoms with van der Waals surface area (Å²) >= 11 is 0. The highest BCUT2D eigenvalue weighted by Gasteiger charge is 2.31. The van der Waals surface area contributed by atoms with Gasteiger partial charge in [-0.15, -0.1) is 0 Å². The van der Waals surface area contributed by atoms with E-state index in [1.807, 2.05) is 72.4 Å². The lowest BCUT2D eigenvalue weighted by Gasteiger charge is -2.20. The Morgan fingerprint density at radius 2 is 2.00 bits per heavy atom. The van der Waals surface area contributed by atoms with Crippen molar-refractivity contribution in [3.05, 3.63) is 71.9 Å². The van der Waals surface area contributed by atoms with Crippen molar-refractivity contribution in [2.24, 2.45) is 7.05 Å². The summed E-state index contributed by atoms with van der Waals surface area (Å²) in [6.07, 6.45) is 2.76. The number of hydrogen-bond donors (Lipinski definition) is 1. The van der Waals surface area contributed by atoms with Gasteiger partial charge in [-0.1, -0.05) is 36.4 Å². The zero-order valence-electron chi connectivity index (χ0n) is 13.6. The maximum Gasteiger partial charge on any atom is 0.251 e. The van der Waals surface area contributed by atoms with Crippen molar-refractivity contribution in [1.82, 2.24) is 9.88 Å². The molecule has 4 nitrogen and oxygen atoms in total. The number of rotatable bonds is 3. The number of nitrogens with zero attached hydrogens (tertiary/aromatic N) is 1. The molecular weight excluding hydrogens is 300 g/mol. The first kappa shape index (κ1) is 15.0. The minimum atomic E-state index is -0.0751. The fourth-order valence-electron chi connectivity index (χ4n) is 3.36. The number of aromatic nitrogens is 1. The van der Waals surface area contributed by atoms with Gasteiger partial charge in [0.15, 0.2) is 0 Å². The second kappa shape index (κ2) is 6.13. The van der Waals surface area contributed by atoms with Gasteiger partial charge in [-0.05, 0) is 35.6 Å². The molecule has 4 rings (SSSR count). The quantitative estimate of drug-likeness (QED) is 0.803. The van der Waals surface area contributed by atoms with Crippen LogP contribution in [0, 0.1) is 0 Å². The third-order valence-electron chi connectivity index (χ3n) is 4.69. The minimum absolute atomic E-state index is 0.00371. The van der Waals surface area contributed by atoms with Crippen molar-refractivity contribution < 1.29 is 9.53 Å². The van der Waals surface area contributed by atoms with Gasteiger partial charge in [-0.25, -0.2) is 0 Å². The Morgan fingerprint density at radius 3 is 2.83 bits per heavy atom. The van der Waals surface area contributed by atoms with Crippen molar-refractivity contribution in [1.29, 1.82) is 0 Å². The average molecular weight is 320 g/mol. The van der Waals surface area contributed by atoms with Gasteiger partial charge in [0.25, 0.3) is 5.91 Å². The Labute approximate surface area is 141 Å². The van der Waals surface area contributed by atoms with Crippen LogP contribution >= 0.6 is 0 Å². The molecule has 2 heterocycles. The summed E-state index contributed by atoms with van der Waals surface area (Å²) in [7, 11) is 1.99. The van der Waals surface area contributed by atoms with Crippen LogP contribution in [0.5, 0.6) is 0 Å². The first-order valence-electron chi connectivity index (χ1n) is 8.25. The summed E-state index contributed by atoms with van der Waals surface area (Å²) in [6, 6.07) is 17.9. The average Bonchev–Trinajstić information content (AvgIpc) is 3.22. The third-order valence-corrected chi connectivity index (χ3v) is 4.69. The number of aryl methyl sites for hydroxylation is 1. The van der Waals surface area contributed by atoms with E-state index in [2.05, 4.69) is 5.32 Å². The molecule has 1 aliphatic heterocycles. The van der Waals surface area contributed by atoms with Crippen LogP contribution in [0.2, 0.25) is 0 Å². The number of nitrogens with one attached hydrogen (secondary N) is 1. The van der Waals surface area contributed by atoms with E-state index in [0.717, 1.165) is 22.9 Å². The van der Waals surface area contributed by atoms with Gasteiger partial charge in [-0.3, -0.25) is 4.79 Å². The highest BCUT2D eigenvalue weighted by atomic mass is 16.5. The van der Waals surface area contributed by atoms with Crippen molar-refractivity contribution in [2.45, 2.75) is 18.6 Å². The first-order valence-corrected chi connectivity index (χ1v) is 8.25. The van der Waals surface area contributed by atoms with Gasteiger partial charge in [0, 0.05) is 30.9 Å². The molecule has 0 unspecified atom stereocenters. The molecule has 0 spiro atoms. The SMILES string of the molecule is Cn1ccc2ccc(C(=O)N[C@@H]3CCO[C@H]3c3ccccc3)cc21. The lowest BCUT2D eigenvalue weighted by atomic mass is 10.0. The van der Waals surface area contributed by atoms with Crippen molar-refractivity contribution in [3.63, 3.8) is 0 Å². The number of hydrogen-bond acceptors (Lipinski definition) is 2. The summed E-state index contributed by atoms with van der Waals surface area (Å²) in [4.78, 5) is 12.7. The normalized spacial score (nSPS) is 20.4. The molecule has 0 bridgehead atoms. The second-order valence-corrected chi connectivity index (χ2v) is 6.27. The zero-order valence-corrected chi connectivity index (χ0v) is 13.6. The number of fused-ring (bicyclic) bond motifs is 1. The van der Waals surface area contributed by atoms with Gasteiger partial charge in [0.1, 0.15) is 6.10 Å². The highest BCUT2D eigenvalue weighted by Crippen LogP contribution is 2.29. The molecule has 3 aromatic rings. The molecule has 1 fully saturated rings. The Balaban J connectivity index is 1.55. The molecular formula is C20H20N2O2. The molecule has 1 aliphatic rings. The summed E-state index contributed by atoms with van der Waals surface area (Å²) in [5.41, 5.74) is 2.85. The Hall–Kier alpha value is -2.59. The fraction of sp³-hybridized carbons (Fsp3) is 0.250. The van der Waals surface area contributed by atoms with Crippen LogP contribution in [0.25, 0.3) is 10.9 Å². The van der Waals surface area contributed by atoms with Crippen molar-refractivity contribution in [2.75, 3.05) is 6.61 Å². The van der Waals surface area contributed by atoms with E-state index in [1.54, 1.807) is 0 Å². The molecule has 1 aromatic heterocycles. The molecule has 2 aromatic carbocycles. The Kier molecular flexibility index (Phi) is 3.82. The topological polar surface area (TPSA) is 43.3 Å². The van der Waals surface area contributed by atoms with Gasteiger partial charge in [-0.2, -0.15) is 0 Å². The maximum absolute atomic E-state index is 12.7. The molecule has 122 valence electrons. The molecule has 1 amide bonds. The molecule has 24 heavy (non-hydrogen) atoms. The lowest BCUT2D eigenvalue weighted by molar-refractivity contribution is 0.0822. The fourth-order valence-corrected chi connectivity index (χ4v) is 3.36. The van der Waals surface area contributed by atoms with Crippen LogP contribution in [0.4, 0.5) is 0 Å². The van der Waals surface area contributed by atoms with Crippen LogP contribution in [-0.4, -0.2) is 23.1 Å². The monoisotopic (exact) mass is 320 g/mol. The maximum atomic E-state index is 12.7. The first-order chi connectivity index (χ1) is 11.7. The summed E-state index contributed by atoms with van der Waals surface area (Å²) in [5.74, 6) is -0.0467. The number of amides is 1. The largest absolute Gasteiger partial charge is 0.371 e. The standard InChI is InChI=1S/C20H20N2O2/c1-22-11-9-14-7-8-16(13-18(14)22)20(23)21-17-10-12-24-19(17)15-5-3-2-4-6-15/h2-9,11,13,17,19H,10,12H2,1H3,(H,21,23)/t17-,19+/m1/s1. The summed E-state index contributed by atoms with van der Waals surface area (Å²) in [6.45, 7) is 0.668. The van der Waals surface area contributed by atoms with E-state index < -0.39 is 0 Å². The summed E-state index contributed by atoms with van der Waals surface area (Å²) in [5, 5.41) is 4.29. The number of carbonyl (C=O) groups is 1. The summed E-state index contributed by atoms with van der Waals surface area (Å²) < 4.78 is 7.87. The Morgan fingerprint density at radius 1 is 1.17 bits per heavy atom. The van der Waals surface area contributed by atoms with Crippen molar-refractivity contribution >= 4 is 16.8 Å². The zero-order chi connectivity index (χ0) is 16.5. The number of ether oxygens (including phenoxy) is 1. The van der Waals surface area contributed by atoms with Crippen LogP contribution in [0.1, 0.15) is 28.4 Å². The number of carbonyl (C=O) groups excluding carboxylic acids is 1. The highest BCUT2D eigenvalue weighted by molar-refractivity contribution is 5.98. The van der Waals surface area contributed by atoms with E-state index in [4.69, 9.17) is 4.74 Å². The molecule has 2 atom stereocenters. The minimum Gasteiger partial charge on any atom is -0.371 e. The van der Waals surface area contributed by atoms with E-state index in [9.17, 15) is 4.79 Å². The van der Waals surface area contributed by atoms with Crippen LogP contribution in [0.3, 0.4) is 0 Å². The van der Waals surface area contributed by atoms with E-state index >= 15 is 0 Å². The van der Waals surface area contributed by atoms with Crippen molar-refractivity contribution in [3.8, 4) is 0 Å². The number of benzene rings is 2. The molecule has 1 saturated heterocycles. The third kappa shape index (κ3) is 2.69. The molecule has 1 N–H and O–H groups in total. The predicted molar refractivity (Wildman–Crippen MR) is 93.9 cm³/mol. The molecule has 0 aliphatic carbocycles. The lowest BCUT2D eigenvalue weighted by Crippen LogP contribution is -2.36. The Bertz CT molecular complexity index is 870. The van der Waals surface area contributed by atoms with Gasteiger partial charge >= 0.3 is 0 Å². The van der Waals surface area contributed by atoms with Gasteiger partial charge in [0.05, 0.1) is 6.04 Å². The van der Waals surface area contributed by atoms with Crippen LogP contribution in [-0.2, 0) is 11.8 Å². The smallest absolute Gasteiger partial charge is 0.251 e. The molecule has 0 saturated carbocycles. The van der Waals surface area contributed by atoms with Crippen LogP contribution in [0.15, 0.2) is 60.8 Å². The molecule has 0 radical (unpaired) electrons. The van der Waals surface area contributed by atoms with Gasteiger partial charge < -0.3 is 14.6 Å². The van der Waals surface area contributed by atoms with E-state index in [-0.39, 0.29) is 18.1 Å².